The number of halogens is 3. The maximum absolute atomic E-state index is 12.9. The van der Waals surface area contributed by atoms with Crippen LogP contribution in [0.3, 0.4) is 0 Å². The van der Waals surface area contributed by atoms with Gasteiger partial charge in [-0.1, -0.05) is 36.4 Å². The van der Waals surface area contributed by atoms with E-state index in [4.69, 9.17) is 0 Å². The SMILES string of the molecule is O=[N+]([O-])c1c(NCCc2ccccc2)ncnc1Nc1cccc(C(F)(F)F)c1. The van der Waals surface area contributed by atoms with Crippen molar-refractivity contribution in [2.24, 2.45) is 0 Å². The molecule has 0 spiro atoms. The normalized spacial score (nSPS) is 11.1. The van der Waals surface area contributed by atoms with Crippen LogP contribution < -0.4 is 10.6 Å². The van der Waals surface area contributed by atoms with E-state index in [-0.39, 0.29) is 17.3 Å². The highest BCUT2D eigenvalue weighted by Crippen LogP contribution is 2.34. The smallest absolute Gasteiger partial charge is 0.364 e. The van der Waals surface area contributed by atoms with Crippen molar-refractivity contribution < 1.29 is 18.1 Å². The van der Waals surface area contributed by atoms with Gasteiger partial charge in [0.05, 0.1) is 10.5 Å². The summed E-state index contributed by atoms with van der Waals surface area (Å²) >= 11 is 0. The van der Waals surface area contributed by atoms with Crippen molar-refractivity contribution in [1.82, 2.24) is 9.97 Å². The van der Waals surface area contributed by atoms with Crippen molar-refractivity contribution in [3.05, 3.63) is 82.2 Å². The lowest BCUT2D eigenvalue weighted by Crippen LogP contribution is -2.11. The lowest BCUT2D eigenvalue weighted by Gasteiger charge is -2.12. The quantitative estimate of drug-likeness (QED) is 0.435. The summed E-state index contributed by atoms with van der Waals surface area (Å²) < 4.78 is 38.7. The molecule has 0 atom stereocenters. The molecule has 0 aliphatic carbocycles. The van der Waals surface area contributed by atoms with Crippen LogP contribution in [0.1, 0.15) is 11.1 Å². The Hall–Kier alpha value is -3.69. The van der Waals surface area contributed by atoms with E-state index in [9.17, 15) is 23.3 Å². The highest BCUT2D eigenvalue weighted by molar-refractivity contribution is 5.73. The van der Waals surface area contributed by atoms with Crippen LogP contribution in [-0.2, 0) is 12.6 Å². The van der Waals surface area contributed by atoms with Crippen LogP contribution in [0.2, 0.25) is 0 Å². The fourth-order valence-corrected chi connectivity index (χ4v) is 2.65. The molecule has 3 aromatic rings. The summed E-state index contributed by atoms with van der Waals surface area (Å²) in [6.45, 7) is 0.380. The van der Waals surface area contributed by atoms with Crippen LogP contribution in [0.4, 0.5) is 36.2 Å². The molecule has 3 rings (SSSR count). The Labute approximate surface area is 163 Å². The molecule has 7 nitrogen and oxygen atoms in total. The third-order valence-electron chi connectivity index (χ3n) is 4.01. The van der Waals surface area contributed by atoms with Gasteiger partial charge in [-0.25, -0.2) is 9.97 Å². The van der Waals surface area contributed by atoms with Gasteiger partial charge in [-0.05, 0) is 30.2 Å². The molecule has 2 N–H and O–H groups in total. The first-order chi connectivity index (χ1) is 13.8. The summed E-state index contributed by atoms with van der Waals surface area (Å²) in [7, 11) is 0. The third-order valence-corrected chi connectivity index (χ3v) is 4.01. The largest absolute Gasteiger partial charge is 0.416 e. The molecule has 0 radical (unpaired) electrons. The van der Waals surface area contributed by atoms with Gasteiger partial charge in [0, 0.05) is 12.2 Å². The molecule has 0 bridgehead atoms. The zero-order chi connectivity index (χ0) is 20.9. The monoisotopic (exact) mass is 403 g/mol. The van der Waals surface area contributed by atoms with Crippen molar-refractivity contribution in [2.45, 2.75) is 12.6 Å². The molecular formula is C19H16F3N5O2. The Morgan fingerprint density at radius 3 is 2.41 bits per heavy atom. The van der Waals surface area contributed by atoms with E-state index in [1.165, 1.54) is 12.1 Å². The van der Waals surface area contributed by atoms with Gasteiger partial charge in [-0.3, -0.25) is 10.1 Å². The van der Waals surface area contributed by atoms with Gasteiger partial charge in [0.25, 0.3) is 0 Å². The Bertz CT molecular complexity index is 997. The van der Waals surface area contributed by atoms with Crippen molar-refractivity contribution in [1.29, 1.82) is 0 Å². The molecule has 0 fully saturated rings. The average molecular weight is 403 g/mol. The Kier molecular flexibility index (Phi) is 5.91. The zero-order valence-corrected chi connectivity index (χ0v) is 15.0. The summed E-state index contributed by atoms with van der Waals surface area (Å²) in [5, 5.41) is 17.0. The predicted octanol–water partition coefficient (Wildman–Crippen LogP) is 4.80. The minimum Gasteiger partial charge on any atom is -0.364 e. The number of hydrogen-bond acceptors (Lipinski definition) is 6. The van der Waals surface area contributed by atoms with Gasteiger partial charge < -0.3 is 10.6 Å². The molecule has 1 aromatic heterocycles. The number of hydrogen-bond donors (Lipinski definition) is 2. The lowest BCUT2D eigenvalue weighted by molar-refractivity contribution is -0.383. The maximum Gasteiger partial charge on any atom is 0.416 e. The number of benzene rings is 2. The first-order valence-corrected chi connectivity index (χ1v) is 8.56. The molecule has 150 valence electrons. The molecule has 0 aliphatic rings. The van der Waals surface area contributed by atoms with Crippen LogP contribution in [0.5, 0.6) is 0 Å². The van der Waals surface area contributed by atoms with E-state index in [1.807, 2.05) is 30.3 Å². The molecule has 0 aliphatic heterocycles. The van der Waals surface area contributed by atoms with Gasteiger partial charge in [0.15, 0.2) is 0 Å². The van der Waals surface area contributed by atoms with E-state index >= 15 is 0 Å². The first-order valence-electron chi connectivity index (χ1n) is 8.56. The Balaban J connectivity index is 1.81. The second-order valence-corrected chi connectivity index (χ2v) is 6.04. The van der Waals surface area contributed by atoms with Crippen LogP contribution in [0.15, 0.2) is 60.9 Å². The average Bonchev–Trinajstić information content (AvgIpc) is 2.68. The van der Waals surface area contributed by atoms with Crippen molar-refractivity contribution in [2.75, 3.05) is 17.2 Å². The van der Waals surface area contributed by atoms with E-state index in [1.54, 1.807) is 0 Å². The van der Waals surface area contributed by atoms with Crippen molar-refractivity contribution in [3.8, 4) is 0 Å². The molecule has 10 heteroatoms. The highest BCUT2D eigenvalue weighted by atomic mass is 19.4. The molecule has 0 saturated carbocycles. The number of nitrogens with one attached hydrogen (secondary N) is 2. The second kappa shape index (κ2) is 8.55. The lowest BCUT2D eigenvalue weighted by atomic mass is 10.1. The van der Waals surface area contributed by atoms with Crippen molar-refractivity contribution >= 4 is 23.0 Å². The first kappa shape index (κ1) is 20.1. The number of nitro groups is 1. The summed E-state index contributed by atoms with van der Waals surface area (Å²) in [6, 6.07) is 13.9. The van der Waals surface area contributed by atoms with Gasteiger partial charge in [0.1, 0.15) is 6.33 Å². The number of anilines is 3. The molecule has 29 heavy (non-hydrogen) atoms. The Morgan fingerprint density at radius 1 is 1.00 bits per heavy atom. The van der Waals surface area contributed by atoms with E-state index in [0.29, 0.717) is 13.0 Å². The van der Waals surface area contributed by atoms with Gasteiger partial charge in [-0.15, -0.1) is 0 Å². The summed E-state index contributed by atoms with van der Waals surface area (Å²) in [6.07, 6.45) is -2.81. The van der Waals surface area contributed by atoms with Gasteiger partial charge in [0.2, 0.25) is 11.6 Å². The standard InChI is InChI=1S/C19H16F3N5O2/c20-19(21,22)14-7-4-8-15(11-14)26-18-16(27(28)29)17(24-12-25-18)23-10-9-13-5-2-1-3-6-13/h1-8,11-12H,9-10H2,(H2,23,24,25,26). The third kappa shape index (κ3) is 5.18. The molecule has 0 saturated heterocycles. The molecular weight excluding hydrogens is 387 g/mol. The topological polar surface area (TPSA) is 93.0 Å². The van der Waals surface area contributed by atoms with E-state index in [2.05, 4.69) is 20.6 Å². The highest BCUT2D eigenvalue weighted by Gasteiger charge is 2.31. The zero-order valence-electron chi connectivity index (χ0n) is 15.0. The van der Waals surface area contributed by atoms with Gasteiger partial charge in [-0.2, -0.15) is 13.2 Å². The minimum atomic E-state index is -4.53. The predicted molar refractivity (Wildman–Crippen MR) is 102 cm³/mol. The molecule has 0 amide bonds. The molecule has 0 unspecified atom stereocenters. The number of alkyl halides is 3. The Morgan fingerprint density at radius 2 is 1.72 bits per heavy atom. The van der Waals surface area contributed by atoms with Crippen molar-refractivity contribution in [3.63, 3.8) is 0 Å². The van der Waals surface area contributed by atoms with E-state index < -0.39 is 22.4 Å². The number of rotatable bonds is 7. The summed E-state index contributed by atoms with van der Waals surface area (Å²) in [5.41, 5.74) is -0.255. The van der Waals surface area contributed by atoms with Gasteiger partial charge >= 0.3 is 11.9 Å². The molecule has 2 aromatic carbocycles. The van der Waals surface area contributed by atoms with Crippen LogP contribution in [0.25, 0.3) is 0 Å². The van der Waals surface area contributed by atoms with Crippen LogP contribution >= 0.6 is 0 Å². The number of aromatic nitrogens is 2. The van der Waals surface area contributed by atoms with E-state index in [0.717, 1.165) is 24.0 Å². The molecule has 1 heterocycles. The van der Waals surface area contributed by atoms with Crippen LogP contribution in [0, 0.1) is 10.1 Å². The summed E-state index contributed by atoms with van der Waals surface area (Å²) in [5.74, 6) is -0.220. The summed E-state index contributed by atoms with van der Waals surface area (Å²) in [4.78, 5) is 18.6. The minimum absolute atomic E-state index is 0.0181. The maximum atomic E-state index is 12.9. The second-order valence-electron chi connectivity index (χ2n) is 6.04. The van der Waals surface area contributed by atoms with Crippen LogP contribution in [-0.4, -0.2) is 21.4 Å². The number of nitrogens with zero attached hydrogens (tertiary/aromatic N) is 3. The fourth-order valence-electron chi connectivity index (χ4n) is 2.65. The fraction of sp³-hybridized carbons (Fsp3) is 0.158.